The van der Waals surface area contributed by atoms with Gasteiger partial charge >= 0.3 is 49.6 Å². The Morgan fingerprint density at radius 1 is 0.600 bits per heavy atom. The molecule has 0 saturated heterocycles. The van der Waals surface area contributed by atoms with Crippen molar-refractivity contribution in [2.75, 3.05) is 0 Å². The molecule has 0 bridgehead atoms. The van der Waals surface area contributed by atoms with Crippen LogP contribution in [-0.2, 0) is 11.9 Å². The van der Waals surface area contributed by atoms with Crippen molar-refractivity contribution in [3.63, 3.8) is 0 Å². The Bertz CT molecular complexity index is 62.6. The van der Waals surface area contributed by atoms with Gasteiger partial charge in [0.25, 0.3) is 0 Å². The molecular formula is C5H10Cl4Mo. The number of halogens is 4. The van der Waals surface area contributed by atoms with E-state index in [2.05, 4.69) is 0 Å². The molecule has 0 aliphatic heterocycles. The van der Waals surface area contributed by atoms with Gasteiger partial charge in [0.1, 0.15) is 0 Å². The van der Waals surface area contributed by atoms with Gasteiger partial charge in [0.15, 0.2) is 0 Å². The van der Waals surface area contributed by atoms with E-state index in [9.17, 15) is 0 Å². The molecule has 1 aliphatic rings. The van der Waals surface area contributed by atoms with E-state index in [0.29, 0.717) is 0 Å². The van der Waals surface area contributed by atoms with Crippen LogP contribution < -0.4 is 0 Å². The van der Waals surface area contributed by atoms with Gasteiger partial charge in [-0.25, -0.2) is 0 Å². The zero-order chi connectivity index (χ0) is 8.04. The van der Waals surface area contributed by atoms with Gasteiger partial charge in [0.05, 0.1) is 0 Å². The molecule has 0 heterocycles. The Hall–Kier alpha value is 1.85. The fourth-order valence-corrected chi connectivity index (χ4v) is 0.884. The zero-order valence-electron chi connectivity index (χ0n) is 5.46. The molecule has 0 unspecified atom stereocenters. The van der Waals surface area contributed by atoms with Gasteiger partial charge in [-0.3, -0.25) is 0 Å². The first-order chi connectivity index (χ1) is 4.50. The van der Waals surface area contributed by atoms with E-state index in [0.717, 1.165) is 0 Å². The SMILES string of the molecule is C1CCCC1.[Cl][Mo]([Cl])([Cl])[Cl]. The molecule has 64 valence electrons. The minimum absolute atomic E-state index is 1.50. The first kappa shape index (κ1) is 11.8. The maximum absolute atomic E-state index is 5.02. The van der Waals surface area contributed by atoms with Crippen molar-refractivity contribution in [2.24, 2.45) is 0 Å². The summed E-state index contributed by atoms with van der Waals surface area (Å²) in [6.07, 6.45) is 7.50. The second-order valence-corrected chi connectivity index (χ2v) is 20.4. The topological polar surface area (TPSA) is 0 Å². The van der Waals surface area contributed by atoms with E-state index in [-0.39, 0.29) is 0 Å². The monoisotopic (exact) mass is 308 g/mol. The van der Waals surface area contributed by atoms with Crippen LogP contribution in [0.2, 0.25) is 0 Å². The second kappa shape index (κ2) is 6.37. The Morgan fingerprint density at radius 2 is 0.700 bits per heavy atom. The summed E-state index contributed by atoms with van der Waals surface area (Å²) in [5.41, 5.74) is 0. The summed E-state index contributed by atoms with van der Waals surface area (Å²) in [5.74, 6) is 0. The molecule has 0 nitrogen and oxygen atoms in total. The van der Waals surface area contributed by atoms with Crippen molar-refractivity contribution in [3.05, 3.63) is 0 Å². The molecule has 10 heavy (non-hydrogen) atoms. The van der Waals surface area contributed by atoms with Crippen LogP contribution >= 0.6 is 37.7 Å². The fourth-order valence-electron chi connectivity index (χ4n) is 0.884. The molecule has 0 aromatic carbocycles. The van der Waals surface area contributed by atoms with Gasteiger partial charge < -0.3 is 0 Å². The van der Waals surface area contributed by atoms with Crippen molar-refractivity contribution in [1.82, 2.24) is 0 Å². The first-order valence-corrected chi connectivity index (χ1v) is 13.5. The molecule has 1 rings (SSSR count). The molecule has 1 aliphatic carbocycles. The molecule has 1 saturated carbocycles. The predicted octanol–water partition coefficient (Wildman–Crippen LogP) is 4.71. The average Bonchev–Trinajstić information content (AvgIpc) is 2.07. The normalized spacial score (nSPS) is 19.6. The molecule has 0 spiro atoms. The van der Waals surface area contributed by atoms with Crippen LogP contribution in [0.15, 0.2) is 0 Å². The average molecular weight is 308 g/mol. The first-order valence-electron chi connectivity index (χ1n) is 3.12. The summed E-state index contributed by atoms with van der Waals surface area (Å²) < 4.78 is 0. The Morgan fingerprint density at radius 3 is 0.800 bits per heavy atom. The minimum atomic E-state index is -3.13. The van der Waals surface area contributed by atoms with Crippen LogP contribution in [0.4, 0.5) is 0 Å². The predicted molar refractivity (Wildman–Crippen MR) is 46.5 cm³/mol. The van der Waals surface area contributed by atoms with Crippen LogP contribution in [0.1, 0.15) is 32.1 Å². The van der Waals surface area contributed by atoms with E-state index in [4.69, 9.17) is 37.7 Å². The van der Waals surface area contributed by atoms with Crippen molar-refractivity contribution < 1.29 is 11.9 Å². The van der Waals surface area contributed by atoms with Crippen LogP contribution in [0, 0.1) is 0 Å². The molecule has 0 radical (unpaired) electrons. The molecular weight excluding hydrogens is 298 g/mol. The van der Waals surface area contributed by atoms with Gasteiger partial charge in [0.2, 0.25) is 0 Å². The number of rotatable bonds is 0. The fraction of sp³-hybridized carbons (Fsp3) is 1.00. The van der Waals surface area contributed by atoms with E-state index < -0.39 is 11.9 Å². The van der Waals surface area contributed by atoms with Gasteiger partial charge in [0, 0.05) is 0 Å². The van der Waals surface area contributed by atoms with Gasteiger partial charge in [-0.05, 0) is 0 Å². The molecule has 0 atom stereocenters. The van der Waals surface area contributed by atoms with Crippen LogP contribution in [0.25, 0.3) is 0 Å². The molecule has 1 fully saturated rings. The molecule has 0 aromatic rings. The summed E-state index contributed by atoms with van der Waals surface area (Å²) in [7, 11) is 20.1. The van der Waals surface area contributed by atoms with Crippen LogP contribution in [-0.4, -0.2) is 0 Å². The van der Waals surface area contributed by atoms with Crippen molar-refractivity contribution in [2.45, 2.75) is 32.1 Å². The number of hydrogen-bond acceptors (Lipinski definition) is 0. The Labute approximate surface area is 81.1 Å². The quantitative estimate of drug-likeness (QED) is 0.569. The summed E-state index contributed by atoms with van der Waals surface area (Å²) in [6.45, 7) is 0. The van der Waals surface area contributed by atoms with Gasteiger partial charge in [-0.2, -0.15) is 0 Å². The van der Waals surface area contributed by atoms with Crippen LogP contribution in [0.3, 0.4) is 0 Å². The van der Waals surface area contributed by atoms with E-state index >= 15 is 0 Å². The summed E-state index contributed by atoms with van der Waals surface area (Å²) >= 11 is -3.13. The van der Waals surface area contributed by atoms with Gasteiger partial charge in [-0.15, -0.1) is 0 Å². The maximum atomic E-state index is 5.02. The third-order valence-electron chi connectivity index (χ3n) is 1.25. The van der Waals surface area contributed by atoms with Crippen LogP contribution in [0.5, 0.6) is 0 Å². The van der Waals surface area contributed by atoms with Gasteiger partial charge in [-0.1, -0.05) is 32.1 Å². The third-order valence-corrected chi connectivity index (χ3v) is 1.25. The van der Waals surface area contributed by atoms with Crippen molar-refractivity contribution in [1.29, 1.82) is 0 Å². The number of hydrogen-bond donors (Lipinski definition) is 0. The Balaban J connectivity index is 0.000000162. The molecule has 0 N–H and O–H groups in total. The third kappa shape index (κ3) is 16.4. The standard InChI is InChI=1S/C5H10.4ClH.Mo/c1-2-4-5-3-1;;;;;/h1-5H2;4*1H;/q;;;;;+4/p-4. The van der Waals surface area contributed by atoms with E-state index in [1.165, 1.54) is 32.1 Å². The second-order valence-electron chi connectivity index (χ2n) is 2.12. The molecule has 0 amide bonds. The zero-order valence-corrected chi connectivity index (χ0v) is 10.5. The van der Waals surface area contributed by atoms with E-state index in [1.807, 2.05) is 0 Å². The summed E-state index contributed by atoms with van der Waals surface area (Å²) in [4.78, 5) is 0. The summed E-state index contributed by atoms with van der Waals surface area (Å²) in [5, 5.41) is 0. The molecule has 0 aromatic heterocycles. The Kier molecular flexibility index (Phi) is 7.55. The van der Waals surface area contributed by atoms with Crippen molar-refractivity contribution in [3.8, 4) is 0 Å². The summed E-state index contributed by atoms with van der Waals surface area (Å²) in [6, 6.07) is 0. The van der Waals surface area contributed by atoms with Crippen molar-refractivity contribution >= 4 is 37.7 Å². The van der Waals surface area contributed by atoms with E-state index in [1.54, 1.807) is 0 Å². The molecule has 5 heteroatoms.